The molecule has 1 atom stereocenters. The maximum atomic E-state index is 6.00. The number of guanidine groups is 1. The molecule has 2 heterocycles. The third-order valence-corrected chi connectivity index (χ3v) is 4.65. The summed E-state index contributed by atoms with van der Waals surface area (Å²) in [6.07, 6.45) is 4.77. The fraction of sp³-hybridized carbons (Fsp3) is 0.273. The van der Waals surface area contributed by atoms with Gasteiger partial charge in [-0.25, -0.2) is 9.67 Å². The summed E-state index contributed by atoms with van der Waals surface area (Å²) in [4.78, 5) is 4.73. The van der Waals surface area contributed by atoms with E-state index in [-0.39, 0.29) is 6.10 Å². The Morgan fingerprint density at radius 3 is 2.93 bits per heavy atom. The number of para-hydroxylation sites is 1. The summed E-state index contributed by atoms with van der Waals surface area (Å²) in [5.41, 5.74) is 3.44. The average Bonchev–Trinajstić information content (AvgIpc) is 3.40. The molecule has 1 aliphatic heterocycles. The van der Waals surface area contributed by atoms with E-state index in [1.807, 2.05) is 41.2 Å². The van der Waals surface area contributed by atoms with Crippen LogP contribution < -0.4 is 15.4 Å². The Balaban J connectivity index is 1.37. The molecule has 2 aromatic carbocycles. The van der Waals surface area contributed by atoms with Crippen molar-refractivity contribution >= 4 is 5.96 Å². The smallest absolute Gasteiger partial charge is 0.191 e. The zero-order valence-corrected chi connectivity index (χ0v) is 16.0. The van der Waals surface area contributed by atoms with Crippen LogP contribution in [0, 0.1) is 0 Å². The minimum atomic E-state index is 0.129. The lowest BCUT2D eigenvalue weighted by Gasteiger charge is -2.15. The Bertz CT molecular complexity index is 911. The lowest BCUT2D eigenvalue weighted by Crippen LogP contribution is -2.42. The van der Waals surface area contributed by atoms with Crippen LogP contribution in [0.25, 0.3) is 5.69 Å². The molecule has 1 aromatic heterocycles. The Hall–Kier alpha value is -3.28. The Morgan fingerprint density at radius 2 is 2.11 bits per heavy atom. The Labute approximate surface area is 165 Å². The van der Waals surface area contributed by atoms with Crippen LogP contribution in [0.3, 0.4) is 0 Å². The number of rotatable bonds is 6. The standard InChI is InChI=1S/C22H25N5O/c1-2-23-22(25-16-20-14-18-8-3-4-10-21(18)28-20)24-15-17-7-5-9-19(13-17)27-12-6-11-26-27/h3-13,20H,2,14-16H2,1H3,(H2,23,24,25). The molecule has 144 valence electrons. The Kier molecular flexibility index (Phi) is 5.56. The van der Waals surface area contributed by atoms with Gasteiger partial charge < -0.3 is 15.4 Å². The largest absolute Gasteiger partial charge is 0.488 e. The van der Waals surface area contributed by atoms with E-state index in [0.717, 1.165) is 35.9 Å². The summed E-state index contributed by atoms with van der Waals surface area (Å²) < 4.78 is 7.85. The molecule has 4 rings (SSSR count). The highest BCUT2D eigenvalue weighted by molar-refractivity contribution is 5.79. The first-order chi connectivity index (χ1) is 13.8. The van der Waals surface area contributed by atoms with Crippen LogP contribution >= 0.6 is 0 Å². The summed E-state index contributed by atoms with van der Waals surface area (Å²) in [7, 11) is 0. The molecule has 28 heavy (non-hydrogen) atoms. The van der Waals surface area contributed by atoms with E-state index in [9.17, 15) is 0 Å². The highest BCUT2D eigenvalue weighted by atomic mass is 16.5. The number of nitrogens with one attached hydrogen (secondary N) is 2. The number of aromatic nitrogens is 2. The molecule has 0 radical (unpaired) electrons. The van der Waals surface area contributed by atoms with Crippen molar-refractivity contribution in [1.82, 2.24) is 20.4 Å². The second kappa shape index (κ2) is 8.61. The third kappa shape index (κ3) is 4.34. The van der Waals surface area contributed by atoms with Crippen LogP contribution in [0.4, 0.5) is 0 Å². The SMILES string of the molecule is CCNC(=NCc1cccc(-n2cccn2)c1)NCC1Cc2ccccc2O1. The van der Waals surface area contributed by atoms with E-state index in [1.165, 1.54) is 5.56 Å². The van der Waals surface area contributed by atoms with E-state index in [2.05, 4.69) is 46.9 Å². The number of fused-ring (bicyclic) bond motifs is 1. The highest BCUT2D eigenvalue weighted by Crippen LogP contribution is 2.27. The number of hydrogen-bond acceptors (Lipinski definition) is 3. The van der Waals surface area contributed by atoms with Crippen LogP contribution in [0.1, 0.15) is 18.1 Å². The van der Waals surface area contributed by atoms with E-state index in [4.69, 9.17) is 9.73 Å². The predicted octanol–water partition coefficient (Wildman–Crippen LogP) is 2.93. The van der Waals surface area contributed by atoms with Gasteiger partial charge in [0, 0.05) is 25.4 Å². The predicted molar refractivity (Wildman–Crippen MR) is 111 cm³/mol. The summed E-state index contributed by atoms with van der Waals surface area (Å²) in [6.45, 7) is 4.19. The van der Waals surface area contributed by atoms with Crippen molar-refractivity contribution in [2.24, 2.45) is 4.99 Å². The first-order valence-electron chi connectivity index (χ1n) is 9.67. The van der Waals surface area contributed by atoms with Gasteiger partial charge in [0.2, 0.25) is 0 Å². The van der Waals surface area contributed by atoms with Gasteiger partial charge >= 0.3 is 0 Å². The van der Waals surface area contributed by atoms with Crippen LogP contribution in [0.2, 0.25) is 0 Å². The number of aliphatic imine (C=N–C) groups is 1. The highest BCUT2D eigenvalue weighted by Gasteiger charge is 2.22. The normalized spacial score (nSPS) is 15.8. The lowest BCUT2D eigenvalue weighted by atomic mass is 10.1. The van der Waals surface area contributed by atoms with Crippen molar-refractivity contribution in [3.8, 4) is 11.4 Å². The molecular formula is C22H25N5O. The molecule has 2 N–H and O–H groups in total. The van der Waals surface area contributed by atoms with Gasteiger partial charge in [0.15, 0.2) is 5.96 Å². The fourth-order valence-corrected chi connectivity index (χ4v) is 3.31. The van der Waals surface area contributed by atoms with Crippen molar-refractivity contribution in [3.05, 3.63) is 78.1 Å². The van der Waals surface area contributed by atoms with Gasteiger partial charge in [-0.3, -0.25) is 0 Å². The van der Waals surface area contributed by atoms with Gasteiger partial charge in [-0.05, 0) is 42.3 Å². The van der Waals surface area contributed by atoms with Crippen LogP contribution in [-0.2, 0) is 13.0 Å². The molecule has 0 saturated heterocycles. The number of ether oxygens (including phenoxy) is 1. The molecular weight excluding hydrogens is 350 g/mol. The van der Waals surface area contributed by atoms with Gasteiger partial charge in [-0.1, -0.05) is 30.3 Å². The van der Waals surface area contributed by atoms with Crippen LogP contribution in [-0.4, -0.2) is 34.9 Å². The molecule has 6 heteroatoms. The minimum absolute atomic E-state index is 0.129. The molecule has 0 bridgehead atoms. The molecule has 6 nitrogen and oxygen atoms in total. The zero-order chi connectivity index (χ0) is 19.2. The minimum Gasteiger partial charge on any atom is -0.488 e. The molecule has 0 spiro atoms. The zero-order valence-electron chi connectivity index (χ0n) is 16.0. The molecule has 0 fully saturated rings. The van der Waals surface area contributed by atoms with Gasteiger partial charge in [0.05, 0.1) is 18.8 Å². The molecule has 0 saturated carbocycles. The quantitative estimate of drug-likeness (QED) is 0.514. The fourth-order valence-electron chi connectivity index (χ4n) is 3.31. The topological polar surface area (TPSA) is 63.5 Å². The summed E-state index contributed by atoms with van der Waals surface area (Å²) in [5.74, 6) is 1.79. The Morgan fingerprint density at radius 1 is 1.18 bits per heavy atom. The van der Waals surface area contributed by atoms with E-state index >= 15 is 0 Å². The van der Waals surface area contributed by atoms with Gasteiger partial charge in [0.25, 0.3) is 0 Å². The van der Waals surface area contributed by atoms with Gasteiger partial charge in [-0.2, -0.15) is 5.10 Å². The van der Waals surface area contributed by atoms with E-state index < -0.39 is 0 Å². The van der Waals surface area contributed by atoms with Gasteiger partial charge in [0.1, 0.15) is 11.9 Å². The summed E-state index contributed by atoms with van der Waals surface area (Å²) in [5, 5.41) is 11.0. The molecule has 0 aliphatic carbocycles. The lowest BCUT2D eigenvalue weighted by molar-refractivity contribution is 0.235. The molecule has 1 unspecified atom stereocenters. The van der Waals surface area contributed by atoms with Crippen molar-refractivity contribution in [2.75, 3.05) is 13.1 Å². The number of hydrogen-bond donors (Lipinski definition) is 2. The molecule has 1 aliphatic rings. The van der Waals surface area contributed by atoms with Crippen LogP contribution in [0.15, 0.2) is 72.0 Å². The van der Waals surface area contributed by atoms with Crippen LogP contribution in [0.5, 0.6) is 5.75 Å². The first kappa shape index (κ1) is 18.1. The maximum Gasteiger partial charge on any atom is 0.191 e. The maximum absolute atomic E-state index is 6.00. The monoisotopic (exact) mass is 375 g/mol. The third-order valence-electron chi connectivity index (χ3n) is 4.65. The molecule has 3 aromatic rings. The summed E-state index contributed by atoms with van der Waals surface area (Å²) >= 11 is 0. The van der Waals surface area contributed by atoms with Crippen molar-refractivity contribution < 1.29 is 4.74 Å². The van der Waals surface area contributed by atoms with Gasteiger partial charge in [-0.15, -0.1) is 0 Å². The van der Waals surface area contributed by atoms with Crippen molar-refractivity contribution in [3.63, 3.8) is 0 Å². The second-order valence-corrected chi connectivity index (χ2v) is 6.75. The average molecular weight is 375 g/mol. The first-order valence-corrected chi connectivity index (χ1v) is 9.67. The van der Waals surface area contributed by atoms with E-state index in [1.54, 1.807) is 6.20 Å². The van der Waals surface area contributed by atoms with E-state index in [0.29, 0.717) is 13.1 Å². The molecule has 0 amide bonds. The van der Waals surface area contributed by atoms with Crippen molar-refractivity contribution in [1.29, 1.82) is 0 Å². The summed E-state index contributed by atoms with van der Waals surface area (Å²) in [6, 6.07) is 18.4. The van der Waals surface area contributed by atoms with Crippen molar-refractivity contribution in [2.45, 2.75) is 26.0 Å². The number of nitrogens with zero attached hydrogens (tertiary/aromatic N) is 3. The second-order valence-electron chi connectivity index (χ2n) is 6.75. The number of benzene rings is 2.